The number of hydrogen-bond donors (Lipinski definition) is 2. The van der Waals surface area contributed by atoms with Crippen LogP contribution < -0.4 is 20.1 Å². The Kier molecular flexibility index (Phi) is 6.36. The number of benzene rings is 2. The standard InChI is InChI=1S/C27H31N3O5S/c1-5-15(2)21(23(31)28-13-16-10-11-19-20(12-16)35-14-34-19)29-24(32)22-27(3,4)36-26-18-9-7-6-8-17(18)25(33)30(22)26/h6-12,15,21-22,26H,5,13-14H2,1-4H3,(H,28,31)(H,29,32)/t15-,21-,22+,26+/m0/s1. The maximum Gasteiger partial charge on any atom is 0.256 e. The van der Waals surface area contributed by atoms with Crippen molar-refractivity contribution in [3.63, 3.8) is 0 Å². The minimum Gasteiger partial charge on any atom is -0.454 e. The van der Waals surface area contributed by atoms with Gasteiger partial charge in [-0.2, -0.15) is 0 Å². The topological polar surface area (TPSA) is 97.0 Å². The van der Waals surface area contributed by atoms with Gasteiger partial charge in [0.25, 0.3) is 5.91 Å². The highest BCUT2D eigenvalue weighted by Crippen LogP contribution is 2.56. The van der Waals surface area contributed by atoms with Crippen LogP contribution in [0.2, 0.25) is 0 Å². The summed E-state index contributed by atoms with van der Waals surface area (Å²) in [7, 11) is 0. The van der Waals surface area contributed by atoms with Crippen LogP contribution in [0.5, 0.6) is 11.5 Å². The summed E-state index contributed by atoms with van der Waals surface area (Å²) in [6.45, 7) is 8.38. The molecule has 8 nitrogen and oxygen atoms in total. The Morgan fingerprint density at radius 1 is 1.17 bits per heavy atom. The predicted octanol–water partition coefficient (Wildman–Crippen LogP) is 3.61. The van der Waals surface area contributed by atoms with Crippen molar-refractivity contribution in [2.75, 3.05) is 6.79 Å². The highest BCUT2D eigenvalue weighted by Gasteiger charge is 2.57. The normalized spacial score (nSPS) is 22.6. The fourth-order valence-electron chi connectivity index (χ4n) is 5.09. The first-order chi connectivity index (χ1) is 17.2. The third-order valence-corrected chi connectivity index (χ3v) is 8.78. The summed E-state index contributed by atoms with van der Waals surface area (Å²) in [4.78, 5) is 41.9. The van der Waals surface area contributed by atoms with Gasteiger partial charge in [0, 0.05) is 16.9 Å². The van der Waals surface area contributed by atoms with Gasteiger partial charge in [-0.15, -0.1) is 11.8 Å². The van der Waals surface area contributed by atoms with Crippen LogP contribution in [0.3, 0.4) is 0 Å². The summed E-state index contributed by atoms with van der Waals surface area (Å²) in [6.07, 6.45) is 0.710. The highest BCUT2D eigenvalue weighted by molar-refractivity contribution is 8.01. The summed E-state index contributed by atoms with van der Waals surface area (Å²) in [5.74, 6) is 0.543. The second kappa shape index (κ2) is 9.35. The van der Waals surface area contributed by atoms with Crippen molar-refractivity contribution in [2.45, 2.75) is 62.9 Å². The van der Waals surface area contributed by atoms with E-state index in [9.17, 15) is 14.4 Å². The molecule has 2 N–H and O–H groups in total. The molecule has 9 heteroatoms. The molecule has 36 heavy (non-hydrogen) atoms. The zero-order chi connectivity index (χ0) is 25.6. The zero-order valence-electron chi connectivity index (χ0n) is 20.9. The highest BCUT2D eigenvalue weighted by atomic mass is 32.2. The van der Waals surface area contributed by atoms with E-state index >= 15 is 0 Å². The van der Waals surface area contributed by atoms with Gasteiger partial charge in [0.2, 0.25) is 18.6 Å². The molecule has 0 bridgehead atoms. The first-order valence-corrected chi connectivity index (χ1v) is 13.1. The number of amides is 3. The number of fused-ring (bicyclic) bond motifs is 4. The van der Waals surface area contributed by atoms with E-state index in [2.05, 4.69) is 10.6 Å². The summed E-state index contributed by atoms with van der Waals surface area (Å²) in [5, 5.41) is 5.75. The molecule has 3 aliphatic heterocycles. The second-order valence-electron chi connectivity index (χ2n) is 10.1. The van der Waals surface area contributed by atoms with Crippen LogP contribution in [0.1, 0.15) is 61.0 Å². The van der Waals surface area contributed by atoms with E-state index in [4.69, 9.17) is 9.47 Å². The predicted molar refractivity (Wildman–Crippen MR) is 137 cm³/mol. The number of rotatable bonds is 7. The van der Waals surface area contributed by atoms with Crippen LogP contribution in [0.4, 0.5) is 0 Å². The number of carbonyl (C=O) groups is 3. The molecule has 2 aromatic carbocycles. The molecule has 0 aromatic heterocycles. The molecule has 4 atom stereocenters. The van der Waals surface area contributed by atoms with Gasteiger partial charge in [0.1, 0.15) is 17.5 Å². The fraction of sp³-hybridized carbons (Fsp3) is 0.444. The van der Waals surface area contributed by atoms with Crippen LogP contribution in [0.25, 0.3) is 0 Å². The lowest BCUT2D eigenvalue weighted by molar-refractivity contribution is -0.133. The maximum atomic E-state index is 13.7. The summed E-state index contributed by atoms with van der Waals surface area (Å²) >= 11 is 1.61. The minimum atomic E-state index is -0.726. The Bertz CT molecular complexity index is 1220. The van der Waals surface area contributed by atoms with Crippen LogP contribution in [0.15, 0.2) is 42.5 Å². The molecule has 1 fully saturated rings. The van der Waals surface area contributed by atoms with Gasteiger partial charge in [-0.05, 0) is 49.1 Å². The van der Waals surface area contributed by atoms with Crippen LogP contribution in [0, 0.1) is 5.92 Å². The molecule has 5 rings (SSSR count). The molecule has 2 aromatic rings. The average Bonchev–Trinajstić information content (AvgIpc) is 3.52. The van der Waals surface area contributed by atoms with Gasteiger partial charge in [0.15, 0.2) is 11.5 Å². The van der Waals surface area contributed by atoms with Crippen molar-refractivity contribution in [1.82, 2.24) is 15.5 Å². The van der Waals surface area contributed by atoms with Gasteiger partial charge in [-0.3, -0.25) is 14.4 Å². The van der Waals surface area contributed by atoms with Crippen LogP contribution in [-0.2, 0) is 16.1 Å². The lowest BCUT2D eigenvalue weighted by Crippen LogP contribution is -2.58. The molecule has 190 valence electrons. The van der Waals surface area contributed by atoms with Gasteiger partial charge in [-0.1, -0.05) is 44.5 Å². The van der Waals surface area contributed by atoms with Crippen molar-refractivity contribution < 1.29 is 23.9 Å². The Balaban J connectivity index is 1.31. The Hall–Kier alpha value is -3.20. The summed E-state index contributed by atoms with van der Waals surface area (Å²) in [5.41, 5.74) is 2.46. The number of thioether (sulfide) groups is 1. The maximum absolute atomic E-state index is 13.7. The lowest BCUT2D eigenvalue weighted by atomic mass is 9.95. The van der Waals surface area contributed by atoms with E-state index in [-0.39, 0.29) is 35.8 Å². The average molecular weight is 510 g/mol. The Labute approximate surface area is 215 Å². The third kappa shape index (κ3) is 4.19. The van der Waals surface area contributed by atoms with Crippen LogP contribution in [-0.4, -0.2) is 46.2 Å². The Morgan fingerprint density at radius 2 is 1.92 bits per heavy atom. The molecular weight excluding hydrogens is 478 g/mol. The van der Waals surface area contributed by atoms with E-state index in [0.717, 1.165) is 11.1 Å². The molecule has 0 saturated carbocycles. The number of ether oxygens (including phenoxy) is 2. The van der Waals surface area contributed by atoms with Gasteiger partial charge in [0.05, 0.1) is 0 Å². The van der Waals surface area contributed by atoms with Crippen molar-refractivity contribution in [3.05, 3.63) is 59.2 Å². The molecule has 0 aliphatic carbocycles. The lowest BCUT2D eigenvalue weighted by Gasteiger charge is -2.32. The largest absolute Gasteiger partial charge is 0.454 e. The van der Waals surface area contributed by atoms with Gasteiger partial charge in [-0.25, -0.2) is 0 Å². The number of nitrogens with zero attached hydrogens (tertiary/aromatic N) is 1. The molecular formula is C27H31N3O5S. The summed E-state index contributed by atoms with van der Waals surface area (Å²) < 4.78 is 10.2. The molecule has 3 heterocycles. The third-order valence-electron chi connectivity index (χ3n) is 7.24. The summed E-state index contributed by atoms with van der Waals surface area (Å²) in [6, 6.07) is 11.6. The second-order valence-corrected chi connectivity index (χ2v) is 11.8. The number of nitrogens with one attached hydrogen (secondary N) is 2. The van der Waals surface area contributed by atoms with Crippen LogP contribution >= 0.6 is 11.8 Å². The van der Waals surface area contributed by atoms with Gasteiger partial charge < -0.3 is 25.0 Å². The SMILES string of the molecule is CC[C@H](C)[C@H](NC(=O)[C@H]1N2C(=O)c3ccccc3[C@H]2SC1(C)C)C(=O)NCc1ccc2c(c1)OCO2. The van der Waals surface area contributed by atoms with Crippen molar-refractivity contribution >= 4 is 29.5 Å². The molecule has 1 saturated heterocycles. The minimum absolute atomic E-state index is 0.0925. The first-order valence-electron chi connectivity index (χ1n) is 12.3. The van der Waals surface area contributed by atoms with E-state index in [1.807, 2.05) is 70.2 Å². The zero-order valence-corrected chi connectivity index (χ0v) is 21.7. The molecule has 3 aliphatic rings. The molecule has 3 amide bonds. The van der Waals surface area contributed by atoms with E-state index in [1.165, 1.54) is 0 Å². The monoisotopic (exact) mass is 509 g/mol. The Morgan fingerprint density at radius 3 is 2.69 bits per heavy atom. The molecule has 0 radical (unpaired) electrons. The van der Waals surface area contributed by atoms with E-state index in [0.29, 0.717) is 30.0 Å². The quantitative estimate of drug-likeness (QED) is 0.592. The molecule has 0 unspecified atom stereocenters. The fourth-order valence-corrected chi connectivity index (χ4v) is 6.68. The molecule has 0 spiro atoms. The van der Waals surface area contributed by atoms with Gasteiger partial charge >= 0.3 is 0 Å². The number of hydrogen-bond acceptors (Lipinski definition) is 6. The van der Waals surface area contributed by atoms with Crippen molar-refractivity contribution in [2.24, 2.45) is 5.92 Å². The van der Waals surface area contributed by atoms with Crippen molar-refractivity contribution in [3.8, 4) is 11.5 Å². The van der Waals surface area contributed by atoms with E-state index < -0.39 is 16.8 Å². The number of carbonyl (C=O) groups excluding carboxylic acids is 3. The first kappa shape index (κ1) is 24.5. The smallest absolute Gasteiger partial charge is 0.256 e. The van der Waals surface area contributed by atoms with Crippen molar-refractivity contribution in [1.29, 1.82) is 0 Å². The van der Waals surface area contributed by atoms with E-state index in [1.54, 1.807) is 16.7 Å².